The molecule has 0 radical (unpaired) electrons. The van der Waals surface area contributed by atoms with Gasteiger partial charge in [0.15, 0.2) is 0 Å². The molecule has 0 fully saturated rings. The Hall–Kier alpha value is -1.63. The quantitative estimate of drug-likeness (QED) is 0.830. The van der Waals surface area contributed by atoms with Gasteiger partial charge in [0.05, 0.1) is 17.8 Å². The number of nitrogens with zero attached hydrogens (tertiary/aromatic N) is 2. The van der Waals surface area contributed by atoms with Crippen LogP contribution in [0.1, 0.15) is 25.3 Å². The van der Waals surface area contributed by atoms with Gasteiger partial charge in [-0.1, -0.05) is 17.7 Å². The van der Waals surface area contributed by atoms with Crippen molar-refractivity contribution in [3.05, 3.63) is 46.9 Å². The Bertz CT molecular complexity index is 661. The first-order valence-corrected chi connectivity index (χ1v) is 7.34. The monoisotopic (exact) mass is 360 g/mol. The van der Waals surface area contributed by atoms with Gasteiger partial charge in [-0.25, -0.2) is 9.07 Å². The zero-order valence-corrected chi connectivity index (χ0v) is 14.2. The molecule has 1 unspecified atom stereocenters. The number of benzene rings is 1. The van der Waals surface area contributed by atoms with E-state index in [4.69, 9.17) is 17.3 Å². The summed E-state index contributed by atoms with van der Waals surface area (Å²) in [6, 6.07) is 6.24. The predicted octanol–water partition coefficient (Wildman–Crippen LogP) is 3.21. The molecule has 1 heterocycles. The van der Waals surface area contributed by atoms with Crippen LogP contribution in [-0.4, -0.2) is 21.7 Å². The number of amides is 1. The van der Waals surface area contributed by atoms with Gasteiger partial charge in [0.1, 0.15) is 11.6 Å². The summed E-state index contributed by atoms with van der Waals surface area (Å²) in [6.45, 7) is 2.19. The van der Waals surface area contributed by atoms with Crippen molar-refractivity contribution in [2.45, 2.75) is 32.4 Å². The van der Waals surface area contributed by atoms with E-state index in [1.54, 1.807) is 23.0 Å². The number of aromatic nitrogens is 2. The standard InChI is InChI=1S/C15H18ClFN4O.ClH/c1-10(18)2-5-15(22)20-14-6-7-19-21(14)9-11-3-4-12(16)13(17)8-11;/h3-4,6-8,10H,2,5,9,18H2,1H3,(H,20,22);1H. The van der Waals surface area contributed by atoms with Gasteiger partial charge in [-0.3, -0.25) is 4.79 Å². The third kappa shape index (κ3) is 5.82. The number of hydrogen-bond acceptors (Lipinski definition) is 3. The molecule has 3 N–H and O–H groups in total. The molecule has 5 nitrogen and oxygen atoms in total. The Morgan fingerprint density at radius 1 is 1.48 bits per heavy atom. The van der Waals surface area contributed by atoms with Gasteiger partial charge in [-0.05, 0) is 31.0 Å². The Morgan fingerprint density at radius 3 is 2.87 bits per heavy atom. The lowest BCUT2D eigenvalue weighted by Crippen LogP contribution is -2.20. The van der Waals surface area contributed by atoms with Gasteiger partial charge >= 0.3 is 0 Å². The maximum atomic E-state index is 13.5. The summed E-state index contributed by atoms with van der Waals surface area (Å²) in [5.74, 6) is -0.0415. The average molecular weight is 361 g/mol. The number of nitrogens with two attached hydrogens (primary N) is 1. The van der Waals surface area contributed by atoms with Crippen LogP contribution in [0.3, 0.4) is 0 Å². The van der Waals surface area contributed by atoms with E-state index in [2.05, 4.69) is 10.4 Å². The van der Waals surface area contributed by atoms with Crippen LogP contribution in [0.25, 0.3) is 0 Å². The number of anilines is 1. The Balaban J connectivity index is 0.00000264. The molecule has 0 saturated heterocycles. The second kappa shape index (κ2) is 8.86. The van der Waals surface area contributed by atoms with E-state index in [-0.39, 0.29) is 29.4 Å². The molecule has 0 aliphatic heterocycles. The molecule has 1 amide bonds. The summed E-state index contributed by atoms with van der Waals surface area (Å²) in [6.07, 6.45) is 2.54. The first kappa shape index (κ1) is 19.4. The number of nitrogens with one attached hydrogen (secondary N) is 1. The molecule has 0 aliphatic rings. The number of carbonyl (C=O) groups excluding carboxylic acids is 1. The van der Waals surface area contributed by atoms with Gasteiger partial charge < -0.3 is 11.1 Å². The maximum absolute atomic E-state index is 13.5. The third-order valence-corrected chi connectivity index (χ3v) is 3.43. The van der Waals surface area contributed by atoms with E-state index in [9.17, 15) is 9.18 Å². The summed E-state index contributed by atoms with van der Waals surface area (Å²) in [5, 5.41) is 6.99. The van der Waals surface area contributed by atoms with Gasteiger partial charge in [0.2, 0.25) is 5.91 Å². The van der Waals surface area contributed by atoms with E-state index in [1.807, 2.05) is 6.92 Å². The van der Waals surface area contributed by atoms with Crippen molar-refractivity contribution in [1.82, 2.24) is 9.78 Å². The van der Waals surface area contributed by atoms with Crippen molar-refractivity contribution in [3.8, 4) is 0 Å². The highest BCUT2D eigenvalue weighted by atomic mass is 35.5. The second-order valence-electron chi connectivity index (χ2n) is 5.19. The van der Waals surface area contributed by atoms with E-state index >= 15 is 0 Å². The molecule has 23 heavy (non-hydrogen) atoms. The molecule has 0 bridgehead atoms. The molecule has 0 spiro atoms. The molecule has 8 heteroatoms. The molecular formula is C15H19Cl2FN4O. The molecule has 126 valence electrons. The van der Waals surface area contributed by atoms with Gasteiger partial charge in [0, 0.05) is 18.5 Å². The molecule has 2 rings (SSSR count). The minimum absolute atomic E-state index is 0. The fourth-order valence-corrected chi connectivity index (χ4v) is 2.06. The number of rotatable bonds is 6. The van der Waals surface area contributed by atoms with Crippen molar-refractivity contribution in [1.29, 1.82) is 0 Å². The Kier molecular flexibility index (Phi) is 7.48. The van der Waals surface area contributed by atoms with Crippen LogP contribution in [0.15, 0.2) is 30.5 Å². The first-order valence-electron chi connectivity index (χ1n) is 6.97. The summed E-state index contributed by atoms with van der Waals surface area (Å²) in [7, 11) is 0. The molecule has 1 atom stereocenters. The lowest BCUT2D eigenvalue weighted by molar-refractivity contribution is -0.116. The minimum Gasteiger partial charge on any atom is -0.328 e. The second-order valence-corrected chi connectivity index (χ2v) is 5.59. The number of carbonyl (C=O) groups is 1. The van der Waals surface area contributed by atoms with Crippen molar-refractivity contribution in [2.75, 3.05) is 5.32 Å². The van der Waals surface area contributed by atoms with Crippen molar-refractivity contribution in [3.63, 3.8) is 0 Å². The maximum Gasteiger partial charge on any atom is 0.225 e. The smallest absolute Gasteiger partial charge is 0.225 e. The van der Waals surface area contributed by atoms with Gasteiger partial charge in [-0.2, -0.15) is 5.10 Å². The van der Waals surface area contributed by atoms with Gasteiger partial charge in [-0.15, -0.1) is 12.4 Å². The van der Waals surface area contributed by atoms with E-state index in [1.165, 1.54) is 12.1 Å². The van der Waals surface area contributed by atoms with Crippen molar-refractivity contribution in [2.24, 2.45) is 5.73 Å². The third-order valence-electron chi connectivity index (χ3n) is 3.13. The Labute approximate surface area is 145 Å². The molecule has 1 aromatic carbocycles. The summed E-state index contributed by atoms with van der Waals surface area (Å²) in [5.41, 5.74) is 6.33. The van der Waals surface area contributed by atoms with Crippen LogP contribution in [0.4, 0.5) is 10.2 Å². The fourth-order valence-electron chi connectivity index (χ4n) is 1.94. The molecule has 0 aliphatic carbocycles. The topological polar surface area (TPSA) is 72.9 Å². The largest absolute Gasteiger partial charge is 0.328 e. The predicted molar refractivity (Wildman–Crippen MR) is 91.5 cm³/mol. The average Bonchev–Trinajstić information content (AvgIpc) is 2.88. The van der Waals surface area contributed by atoms with Gasteiger partial charge in [0.25, 0.3) is 0 Å². The highest BCUT2D eigenvalue weighted by Gasteiger charge is 2.09. The zero-order valence-electron chi connectivity index (χ0n) is 12.6. The molecular weight excluding hydrogens is 342 g/mol. The van der Waals surface area contributed by atoms with Crippen LogP contribution in [-0.2, 0) is 11.3 Å². The number of hydrogen-bond donors (Lipinski definition) is 2. The van der Waals surface area contributed by atoms with E-state index in [0.717, 1.165) is 0 Å². The normalized spacial score (nSPS) is 11.7. The van der Waals surface area contributed by atoms with Crippen molar-refractivity contribution < 1.29 is 9.18 Å². The highest BCUT2D eigenvalue weighted by Crippen LogP contribution is 2.17. The summed E-state index contributed by atoms with van der Waals surface area (Å²) >= 11 is 5.66. The summed E-state index contributed by atoms with van der Waals surface area (Å²) < 4.78 is 15.0. The van der Waals surface area contributed by atoms with E-state index in [0.29, 0.717) is 30.8 Å². The van der Waals surface area contributed by atoms with Crippen molar-refractivity contribution >= 4 is 35.7 Å². The van der Waals surface area contributed by atoms with E-state index < -0.39 is 5.82 Å². The van der Waals surface area contributed by atoms with Crippen LogP contribution in [0.2, 0.25) is 5.02 Å². The Morgan fingerprint density at radius 2 is 2.22 bits per heavy atom. The molecule has 1 aromatic heterocycles. The highest BCUT2D eigenvalue weighted by molar-refractivity contribution is 6.30. The SMILES string of the molecule is CC(N)CCC(=O)Nc1ccnn1Cc1ccc(Cl)c(F)c1.Cl. The van der Waals surface area contributed by atoms with Crippen LogP contribution in [0.5, 0.6) is 0 Å². The zero-order chi connectivity index (χ0) is 16.1. The van der Waals surface area contributed by atoms with Crippen LogP contribution >= 0.6 is 24.0 Å². The first-order chi connectivity index (χ1) is 10.5. The number of halogens is 3. The summed E-state index contributed by atoms with van der Waals surface area (Å²) in [4.78, 5) is 11.8. The van der Waals surface area contributed by atoms with Crippen LogP contribution < -0.4 is 11.1 Å². The lowest BCUT2D eigenvalue weighted by atomic mass is 10.2. The lowest BCUT2D eigenvalue weighted by Gasteiger charge is -2.10. The molecule has 2 aromatic rings. The van der Waals surface area contributed by atoms with Crippen LogP contribution in [0, 0.1) is 5.82 Å². The minimum atomic E-state index is -0.478. The fraction of sp³-hybridized carbons (Fsp3) is 0.333. The molecule has 0 saturated carbocycles.